The molecule has 1 heterocycles. The standard InChI is InChI=1S/C8H15NO2/c1-8(2)4-6(9-5-8)7(10)11-3/h6,9H,4-5H2,1-3H3/p+1/t6-/m0/s1. The number of carbonyl (C=O) groups is 1. The highest BCUT2D eigenvalue weighted by Crippen LogP contribution is 2.22. The molecule has 1 atom stereocenters. The highest BCUT2D eigenvalue weighted by Gasteiger charge is 2.39. The lowest BCUT2D eigenvalue weighted by atomic mass is 9.91. The SMILES string of the molecule is COC(=O)[C@@H]1CC(C)(C)C[NH2+]1. The number of hydrogen-bond donors (Lipinski definition) is 1. The summed E-state index contributed by atoms with van der Waals surface area (Å²) < 4.78 is 4.66. The molecule has 64 valence electrons. The van der Waals surface area contributed by atoms with Gasteiger partial charge in [0.25, 0.3) is 0 Å². The Morgan fingerprint density at radius 1 is 1.64 bits per heavy atom. The van der Waals surface area contributed by atoms with E-state index in [2.05, 4.69) is 23.9 Å². The van der Waals surface area contributed by atoms with Crippen LogP contribution in [0.15, 0.2) is 0 Å². The molecule has 1 aliphatic heterocycles. The van der Waals surface area contributed by atoms with Crippen LogP contribution in [-0.4, -0.2) is 25.7 Å². The summed E-state index contributed by atoms with van der Waals surface area (Å²) in [6, 6.07) is 0.0370. The van der Waals surface area contributed by atoms with E-state index in [-0.39, 0.29) is 12.0 Å². The summed E-state index contributed by atoms with van der Waals surface area (Å²) in [5.41, 5.74) is 0.291. The van der Waals surface area contributed by atoms with Crippen LogP contribution in [0.3, 0.4) is 0 Å². The van der Waals surface area contributed by atoms with Crippen LogP contribution in [0.4, 0.5) is 0 Å². The molecule has 1 aliphatic rings. The lowest BCUT2D eigenvalue weighted by Gasteiger charge is -2.10. The minimum atomic E-state index is -0.0874. The van der Waals surface area contributed by atoms with Crippen LogP contribution in [0.25, 0.3) is 0 Å². The van der Waals surface area contributed by atoms with E-state index in [4.69, 9.17) is 0 Å². The lowest BCUT2D eigenvalue weighted by Crippen LogP contribution is -2.89. The van der Waals surface area contributed by atoms with Crippen LogP contribution in [0, 0.1) is 5.41 Å². The maximum absolute atomic E-state index is 11.0. The molecule has 0 saturated carbocycles. The molecule has 0 aromatic rings. The van der Waals surface area contributed by atoms with Crippen molar-refractivity contribution >= 4 is 5.97 Å². The zero-order valence-corrected chi connectivity index (χ0v) is 7.39. The zero-order valence-electron chi connectivity index (χ0n) is 7.39. The number of esters is 1. The number of rotatable bonds is 1. The normalized spacial score (nSPS) is 28.5. The van der Waals surface area contributed by atoms with Crippen molar-refractivity contribution in [2.75, 3.05) is 13.7 Å². The van der Waals surface area contributed by atoms with Gasteiger partial charge in [-0.2, -0.15) is 0 Å². The van der Waals surface area contributed by atoms with E-state index in [1.807, 2.05) is 0 Å². The van der Waals surface area contributed by atoms with Crippen LogP contribution < -0.4 is 5.32 Å². The van der Waals surface area contributed by atoms with Crippen LogP contribution in [0.1, 0.15) is 20.3 Å². The third kappa shape index (κ3) is 1.93. The Kier molecular flexibility index (Phi) is 2.18. The van der Waals surface area contributed by atoms with E-state index in [9.17, 15) is 4.79 Å². The number of carbonyl (C=O) groups excluding carboxylic acids is 1. The van der Waals surface area contributed by atoms with Gasteiger partial charge in [0.05, 0.1) is 13.7 Å². The predicted molar refractivity (Wildman–Crippen MR) is 41.0 cm³/mol. The van der Waals surface area contributed by atoms with Gasteiger partial charge in [-0.1, -0.05) is 13.8 Å². The zero-order chi connectivity index (χ0) is 8.48. The molecule has 0 aromatic carbocycles. The van der Waals surface area contributed by atoms with E-state index in [1.165, 1.54) is 7.11 Å². The Balaban J connectivity index is 2.48. The number of quaternary nitrogens is 1. The molecule has 1 saturated heterocycles. The predicted octanol–water partition coefficient (Wildman–Crippen LogP) is -0.479. The van der Waals surface area contributed by atoms with Crippen molar-refractivity contribution < 1.29 is 14.8 Å². The second-order valence-corrected chi connectivity index (χ2v) is 3.94. The molecule has 0 aliphatic carbocycles. The van der Waals surface area contributed by atoms with E-state index < -0.39 is 0 Å². The van der Waals surface area contributed by atoms with Gasteiger partial charge in [-0.25, -0.2) is 4.79 Å². The summed E-state index contributed by atoms with van der Waals surface area (Å²) in [6.07, 6.45) is 0.930. The molecule has 0 bridgehead atoms. The fourth-order valence-corrected chi connectivity index (χ4v) is 1.55. The maximum atomic E-state index is 11.0. The molecule has 3 nitrogen and oxygen atoms in total. The van der Waals surface area contributed by atoms with Gasteiger partial charge in [-0.15, -0.1) is 0 Å². The first kappa shape index (κ1) is 8.53. The van der Waals surface area contributed by atoms with E-state index in [1.54, 1.807) is 0 Å². The van der Waals surface area contributed by atoms with E-state index in [0.29, 0.717) is 5.41 Å². The van der Waals surface area contributed by atoms with Gasteiger partial charge in [-0.3, -0.25) is 0 Å². The average molecular weight is 158 g/mol. The molecular formula is C8H16NO2+. The second-order valence-electron chi connectivity index (χ2n) is 3.94. The maximum Gasteiger partial charge on any atom is 0.364 e. The molecule has 0 amide bonds. The molecule has 0 aromatic heterocycles. The average Bonchev–Trinajstić information content (AvgIpc) is 2.29. The summed E-state index contributed by atoms with van der Waals surface area (Å²) >= 11 is 0. The van der Waals surface area contributed by atoms with Gasteiger partial charge >= 0.3 is 5.97 Å². The highest BCUT2D eigenvalue weighted by molar-refractivity contribution is 5.74. The van der Waals surface area contributed by atoms with Gasteiger partial charge in [0.15, 0.2) is 6.04 Å². The summed E-state index contributed by atoms with van der Waals surface area (Å²) in [7, 11) is 1.45. The van der Waals surface area contributed by atoms with Gasteiger partial charge in [0, 0.05) is 11.8 Å². The van der Waals surface area contributed by atoms with Gasteiger partial charge in [0.1, 0.15) is 0 Å². The molecule has 1 rings (SSSR count). The number of ether oxygens (including phenoxy) is 1. The monoisotopic (exact) mass is 158 g/mol. The molecule has 11 heavy (non-hydrogen) atoms. The molecule has 0 spiro atoms. The summed E-state index contributed by atoms with van der Waals surface area (Å²) in [6.45, 7) is 5.37. The quantitative estimate of drug-likeness (QED) is 0.524. The second kappa shape index (κ2) is 2.81. The van der Waals surface area contributed by atoms with Crippen molar-refractivity contribution in [1.29, 1.82) is 0 Å². The van der Waals surface area contributed by atoms with Crippen molar-refractivity contribution in [3.63, 3.8) is 0 Å². The fourth-order valence-electron chi connectivity index (χ4n) is 1.55. The largest absolute Gasteiger partial charge is 0.465 e. The number of hydrogen-bond acceptors (Lipinski definition) is 2. The smallest absolute Gasteiger partial charge is 0.364 e. The van der Waals surface area contributed by atoms with Crippen molar-refractivity contribution in [2.45, 2.75) is 26.3 Å². The van der Waals surface area contributed by atoms with Crippen molar-refractivity contribution in [2.24, 2.45) is 5.41 Å². The first-order valence-electron chi connectivity index (χ1n) is 3.96. The first-order valence-corrected chi connectivity index (χ1v) is 3.96. The highest BCUT2D eigenvalue weighted by atomic mass is 16.5. The van der Waals surface area contributed by atoms with Crippen LogP contribution in [-0.2, 0) is 9.53 Å². The van der Waals surface area contributed by atoms with Gasteiger partial charge in [-0.05, 0) is 0 Å². The van der Waals surface area contributed by atoms with Crippen LogP contribution in [0.5, 0.6) is 0 Å². The fraction of sp³-hybridized carbons (Fsp3) is 0.875. The molecular weight excluding hydrogens is 142 g/mol. The molecule has 3 heteroatoms. The minimum Gasteiger partial charge on any atom is -0.465 e. The molecule has 0 unspecified atom stereocenters. The van der Waals surface area contributed by atoms with E-state index in [0.717, 1.165) is 13.0 Å². The molecule has 2 N–H and O–H groups in total. The van der Waals surface area contributed by atoms with Crippen molar-refractivity contribution in [3.8, 4) is 0 Å². The Bertz CT molecular complexity index is 165. The third-order valence-electron chi connectivity index (χ3n) is 2.23. The van der Waals surface area contributed by atoms with Crippen LogP contribution in [0.2, 0.25) is 0 Å². The topological polar surface area (TPSA) is 42.9 Å². The third-order valence-corrected chi connectivity index (χ3v) is 2.23. The number of nitrogens with two attached hydrogens (primary N) is 1. The molecule has 0 radical (unpaired) electrons. The minimum absolute atomic E-state index is 0.0370. The Morgan fingerprint density at radius 3 is 2.64 bits per heavy atom. The first-order chi connectivity index (χ1) is 5.05. The van der Waals surface area contributed by atoms with Crippen molar-refractivity contribution in [1.82, 2.24) is 0 Å². The van der Waals surface area contributed by atoms with Gasteiger partial charge < -0.3 is 10.1 Å². The van der Waals surface area contributed by atoms with Crippen molar-refractivity contribution in [3.05, 3.63) is 0 Å². The summed E-state index contributed by atoms with van der Waals surface area (Å²) in [5, 5.41) is 2.06. The lowest BCUT2D eigenvalue weighted by molar-refractivity contribution is -0.662. The number of methoxy groups -OCH3 is 1. The Labute approximate surface area is 67.1 Å². The van der Waals surface area contributed by atoms with E-state index >= 15 is 0 Å². The van der Waals surface area contributed by atoms with Crippen LogP contribution >= 0.6 is 0 Å². The van der Waals surface area contributed by atoms with Gasteiger partial charge in [0.2, 0.25) is 0 Å². The Hall–Kier alpha value is -0.570. The molecule has 1 fully saturated rings. The summed E-state index contributed by atoms with van der Waals surface area (Å²) in [5.74, 6) is -0.0874. The summed E-state index contributed by atoms with van der Waals surface area (Å²) in [4.78, 5) is 11.0. The Morgan fingerprint density at radius 2 is 2.27 bits per heavy atom.